The van der Waals surface area contributed by atoms with Crippen LogP contribution in [0.5, 0.6) is 5.75 Å². The second kappa shape index (κ2) is 5.94. The minimum atomic E-state index is 0.0474. The summed E-state index contributed by atoms with van der Waals surface area (Å²) in [5.41, 5.74) is 3.13. The van der Waals surface area contributed by atoms with Gasteiger partial charge in [0.15, 0.2) is 5.78 Å². The highest BCUT2D eigenvalue weighted by molar-refractivity contribution is 7.99. The monoisotopic (exact) mass is 298 g/mol. The lowest BCUT2D eigenvalue weighted by Crippen LogP contribution is -2.11. The van der Waals surface area contributed by atoms with Crippen LogP contribution in [0.4, 0.5) is 0 Å². The maximum absolute atomic E-state index is 11.7. The molecule has 3 heteroatoms. The number of carbonyl (C=O) groups excluding carboxylic acids is 1. The molecule has 108 valence electrons. The van der Waals surface area contributed by atoms with Gasteiger partial charge in [-0.05, 0) is 43.2 Å². The molecule has 2 nitrogen and oxygen atoms in total. The van der Waals surface area contributed by atoms with Gasteiger partial charge in [0.1, 0.15) is 5.75 Å². The minimum absolute atomic E-state index is 0.0474. The SMILES string of the molecule is CC(=O)c1ccc(C)cc1OCC1CSc2ccccc21. The Hall–Kier alpha value is -1.74. The molecule has 0 aromatic heterocycles. The van der Waals surface area contributed by atoms with E-state index in [1.807, 2.05) is 36.9 Å². The Labute approximate surface area is 129 Å². The fourth-order valence-corrected chi connectivity index (χ4v) is 3.83. The molecule has 1 heterocycles. The van der Waals surface area contributed by atoms with Crippen molar-refractivity contribution in [1.29, 1.82) is 0 Å². The van der Waals surface area contributed by atoms with E-state index in [0.29, 0.717) is 23.8 Å². The lowest BCUT2D eigenvalue weighted by molar-refractivity contribution is 0.101. The fraction of sp³-hybridized carbons (Fsp3) is 0.278. The summed E-state index contributed by atoms with van der Waals surface area (Å²) in [6.45, 7) is 4.21. The fourth-order valence-electron chi connectivity index (χ4n) is 2.60. The molecule has 0 radical (unpaired) electrons. The van der Waals surface area contributed by atoms with E-state index >= 15 is 0 Å². The Kier molecular flexibility index (Phi) is 4.02. The molecule has 0 saturated carbocycles. The van der Waals surface area contributed by atoms with Gasteiger partial charge in [-0.15, -0.1) is 11.8 Å². The van der Waals surface area contributed by atoms with E-state index in [9.17, 15) is 4.79 Å². The van der Waals surface area contributed by atoms with Crippen LogP contribution in [-0.4, -0.2) is 18.1 Å². The quantitative estimate of drug-likeness (QED) is 0.779. The van der Waals surface area contributed by atoms with Crippen molar-refractivity contribution in [3.05, 3.63) is 59.2 Å². The van der Waals surface area contributed by atoms with Gasteiger partial charge in [-0.25, -0.2) is 0 Å². The number of hydrogen-bond donors (Lipinski definition) is 0. The molecule has 0 fully saturated rings. The van der Waals surface area contributed by atoms with Gasteiger partial charge >= 0.3 is 0 Å². The van der Waals surface area contributed by atoms with E-state index in [-0.39, 0.29) is 5.78 Å². The zero-order valence-electron chi connectivity index (χ0n) is 12.3. The minimum Gasteiger partial charge on any atom is -0.492 e. The second-order valence-corrected chi connectivity index (χ2v) is 6.47. The summed E-state index contributed by atoms with van der Waals surface area (Å²) in [5, 5.41) is 0. The third kappa shape index (κ3) is 2.98. The van der Waals surface area contributed by atoms with Crippen LogP contribution in [0.1, 0.15) is 34.3 Å². The summed E-state index contributed by atoms with van der Waals surface area (Å²) in [4.78, 5) is 13.0. The first-order valence-corrected chi connectivity index (χ1v) is 8.10. The number of ether oxygens (including phenoxy) is 1. The van der Waals surface area contributed by atoms with Gasteiger partial charge in [0.05, 0.1) is 12.2 Å². The van der Waals surface area contributed by atoms with Crippen molar-refractivity contribution in [2.75, 3.05) is 12.4 Å². The van der Waals surface area contributed by atoms with Crippen molar-refractivity contribution >= 4 is 17.5 Å². The van der Waals surface area contributed by atoms with Crippen LogP contribution in [0.2, 0.25) is 0 Å². The molecule has 3 rings (SSSR count). The highest BCUT2D eigenvalue weighted by Crippen LogP contribution is 2.39. The maximum Gasteiger partial charge on any atom is 0.163 e. The van der Waals surface area contributed by atoms with E-state index in [1.165, 1.54) is 10.5 Å². The smallest absolute Gasteiger partial charge is 0.163 e. The molecule has 0 spiro atoms. The number of benzene rings is 2. The molecule has 1 aliphatic heterocycles. The molecule has 0 N–H and O–H groups in total. The number of thioether (sulfide) groups is 1. The van der Waals surface area contributed by atoms with Crippen LogP contribution in [0, 0.1) is 6.92 Å². The molecule has 1 atom stereocenters. The third-order valence-electron chi connectivity index (χ3n) is 3.76. The summed E-state index contributed by atoms with van der Waals surface area (Å²) in [6.07, 6.45) is 0. The topological polar surface area (TPSA) is 26.3 Å². The van der Waals surface area contributed by atoms with Crippen LogP contribution in [-0.2, 0) is 0 Å². The molecule has 1 unspecified atom stereocenters. The van der Waals surface area contributed by atoms with Crippen LogP contribution in [0.15, 0.2) is 47.4 Å². The Balaban J connectivity index is 1.77. The van der Waals surface area contributed by atoms with Crippen LogP contribution >= 0.6 is 11.8 Å². The highest BCUT2D eigenvalue weighted by atomic mass is 32.2. The van der Waals surface area contributed by atoms with E-state index < -0.39 is 0 Å². The van der Waals surface area contributed by atoms with Gasteiger partial charge < -0.3 is 4.74 Å². The molecule has 0 amide bonds. The zero-order chi connectivity index (χ0) is 14.8. The van der Waals surface area contributed by atoms with E-state index in [0.717, 1.165) is 11.3 Å². The van der Waals surface area contributed by atoms with Crippen molar-refractivity contribution in [2.24, 2.45) is 0 Å². The summed E-state index contributed by atoms with van der Waals surface area (Å²) in [5.74, 6) is 2.19. The van der Waals surface area contributed by atoms with E-state index in [2.05, 4.69) is 24.3 Å². The predicted molar refractivity (Wildman–Crippen MR) is 86.6 cm³/mol. The number of rotatable bonds is 4. The van der Waals surface area contributed by atoms with E-state index in [4.69, 9.17) is 4.74 Å². The Morgan fingerprint density at radius 3 is 2.90 bits per heavy atom. The average Bonchev–Trinajstić information content (AvgIpc) is 2.88. The Morgan fingerprint density at radius 1 is 1.29 bits per heavy atom. The molecule has 0 bridgehead atoms. The van der Waals surface area contributed by atoms with Gasteiger partial charge in [-0.1, -0.05) is 24.3 Å². The van der Waals surface area contributed by atoms with Gasteiger partial charge in [-0.3, -0.25) is 4.79 Å². The number of carbonyl (C=O) groups is 1. The number of Topliss-reactive ketones (excluding diaryl/α,β-unsaturated/α-hetero) is 1. The lowest BCUT2D eigenvalue weighted by atomic mass is 10.0. The number of ketones is 1. The predicted octanol–water partition coefficient (Wildman–Crippen LogP) is 4.47. The van der Waals surface area contributed by atoms with Crippen molar-refractivity contribution < 1.29 is 9.53 Å². The first-order chi connectivity index (χ1) is 10.1. The summed E-state index contributed by atoms with van der Waals surface area (Å²) < 4.78 is 5.99. The molecule has 0 saturated heterocycles. The van der Waals surface area contributed by atoms with Crippen molar-refractivity contribution in [2.45, 2.75) is 24.7 Å². The van der Waals surface area contributed by atoms with Crippen LogP contribution in [0.25, 0.3) is 0 Å². The van der Waals surface area contributed by atoms with Crippen molar-refractivity contribution in [1.82, 2.24) is 0 Å². The summed E-state index contributed by atoms with van der Waals surface area (Å²) >= 11 is 1.88. The Morgan fingerprint density at radius 2 is 2.10 bits per heavy atom. The van der Waals surface area contributed by atoms with E-state index in [1.54, 1.807) is 6.92 Å². The average molecular weight is 298 g/mol. The van der Waals surface area contributed by atoms with Crippen molar-refractivity contribution in [3.8, 4) is 5.75 Å². The zero-order valence-corrected chi connectivity index (χ0v) is 13.1. The molecular weight excluding hydrogens is 280 g/mol. The van der Waals surface area contributed by atoms with Gasteiger partial charge in [0, 0.05) is 16.6 Å². The van der Waals surface area contributed by atoms with Crippen LogP contribution in [0.3, 0.4) is 0 Å². The number of hydrogen-bond acceptors (Lipinski definition) is 3. The van der Waals surface area contributed by atoms with Gasteiger partial charge in [-0.2, -0.15) is 0 Å². The molecule has 21 heavy (non-hydrogen) atoms. The molecule has 0 aliphatic carbocycles. The number of fused-ring (bicyclic) bond motifs is 1. The molecule has 1 aliphatic rings. The third-order valence-corrected chi connectivity index (χ3v) is 5.01. The van der Waals surface area contributed by atoms with Gasteiger partial charge in [0.25, 0.3) is 0 Å². The van der Waals surface area contributed by atoms with Gasteiger partial charge in [0.2, 0.25) is 0 Å². The molecule has 2 aromatic carbocycles. The first kappa shape index (κ1) is 14.2. The standard InChI is InChI=1S/C18H18O2S/c1-12-7-8-15(13(2)19)17(9-12)20-10-14-11-21-18-6-4-3-5-16(14)18/h3-9,14H,10-11H2,1-2H3. The second-order valence-electron chi connectivity index (χ2n) is 5.41. The number of aryl methyl sites for hydroxylation is 1. The van der Waals surface area contributed by atoms with Crippen molar-refractivity contribution in [3.63, 3.8) is 0 Å². The molecular formula is C18H18O2S. The summed E-state index contributed by atoms with van der Waals surface area (Å²) in [7, 11) is 0. The first-order valence-electron chi connectivity index (χ1n) is 7.11. The normalized spacial score (nSPS) is 16.6. The molecule has 2 aromatic rings. The van der Waals surface area contributed by atoms with Crippen LogP contribution < -0.4 is 4.74 Å². The Bertz CT molecular complexity index is 679. The lowest BCUT2D eigenvalue weighted by Gasteiger charge is -2.15. The largest absolute Gasteiger partial charge is 0.492 e. The maximum atomic E-state index is 11.7. The summed E-state index contributed by atoms with van der Waals surface area (Å²) in [6, 6.07) is 14.2. The highest BCUT2D eigenvalue weighted by Gasteiger charge is 2.23.